The van der Waals surface area contributed by atoms with Crippen LogP contribution in [-0.2, 0) is 0 Å². The summed E-state index contributed by atoms with van der Waals surface area (Å²) in [6.45, 7) is 0. The van der Waals surface area contributed by atoms with Crippen LogP contribution in [0.3, 0.4) is 0 Å². The topological polar surface area (TPSA) is 77.3 Å². The number of rotatable bonds is 10. The second kappa shape index (κ2) is 21.5. The Bertz CT molecular complexity index is 5930. The van der Waals surface area contributed by atoms with E-state index in [0.717, 1.165) is 132 Å². The molecule has 4 aromatic heterocycles. The average Bonchev–Trinajstić information content (AvgIpc) is 1.50. The van der Waals surface area contributed by atoms with Crippen LogP contribution in [0.5, 0.6) is 0 Å². The Morgan fingerprint density at radius 3 is 0.851 bits per heavy atom. The Morgan fingerprint density at radius 2 is 0.500 bits per heavy atom. The molecule has 0 N–H and O–H groups in total. The SMILES string of the molecule is c1ccc(-c2cc(-c3ccccc3)cc(-c3c4c(c(-c5cc(-c6ccccc6)cc(-c6ccccc6)c5)c5cc6ccccc6cc35)=c3ccc5c6c(ccc=4c36)=c3c(-c4cncc(-c6cccnc6)n4)c4ccccc4c(-c4cncc(-c6cccnc6)n4)c3=5)c2)cc1. The van der Waals surface area contributed by atoms with Crippen LogP contribution in [0.4, 0.5) is 0 Å². The van der Waals surface area contributed by atoms with Crippen LogP contribution in [0, 0.1) is 41.7 Å². The number of hydrogen-bond donors (Lipinski definition) is 0. The van der Waals surface area contributed by atoms with E-state index in [0.29, 0.717) is 0 Å². The third kappa shape index (κ3) is 8.51. The van der Waals surface area contributed by atoms with Crippen molar-refractivity contribution in [2.45, 2.75) is 0 Å². The Kier molecular flexibility index (Phi) is 12.2. The van der Waals surface area contributed by atoms with Crippen LogP contribution in [0.25, 0.3) is 155 Å². The molecule has 94 heavy (non-hydrogen) atoms. The van der Waals surface area contributed by atoms with E-state index in [1.807, 2.05) is 61.4 Å². The minimum atomic E-state index is 0.743. The summed E-state index contributed by atoms with van der Waals surface area (Å²) in [6.07, 6.45) is 14.8. The first kappa shape index (κ1) is 53.2. The molecule has 6 nitrogen and oxygen atoms in total. The van der Waals surface area contributed by atoms with Gasteiger partial charge in [0.1, 0.15) is 0 Å². The fourth-order valence-corrected chi connectivity index (χ4v) is 15.2. The molecule has 434 valence electrons. The van der Waals surface area contributed by atoms with Gasteiger partial charge < -0.3 is 0 Å². The number of benzene rings is 13. The third-order valence-electron chi connectivity index (χ3n) is 19.2. The van der Waals surface area contributed by atoms with Gasteiger partial charge >= 0.3 is 0 Å². The van der Waals surface area contributed by atoms with E-state index in [9.17, 15) is 0 Å². The molecule has 17 aromatic rings. The molecular formula is C88H52N6. The predicted molar refractivity (Wildman–Crippen MR) is 381 cm³/mol. The maximum absolute atomic E-state index is 5.53. The third-order valence-corrected chi connectivity index (χ3v) is 19.2. The lowest BCUT2D eigenvalue weighted by Crippen LogP contribution is -1.98. The van der Waals surface area contributed by atoms with E-state index in [1.54, 1.807) is 12.4 Å². The molecule has 0 spiro atoms. The molecule has 0 atom stereocenters. The van der Waals surface area contributed by atoms with Crippen LogP contribution in [0.1, 0.15) is 0 Å². The zero-order chi connectivity index (χ0) is 61.8. The second-order valence-electron chi connectivity index (χ2n) is 24.5. The number of pyridine rings is 2. The van der Waals surface area contributed by atoms with E-state index in [1.165, 1.54) is 64.3 Å². The normalized spacial score (nSPS) is 11.8. The summed E-state index contributed by atoms with van der Waals surface area (Å²) in [4.78, 5) is 30.0. The smallest absolute Gasteiger partial charge is 0.0908 e. The molecule has 0 unspecified atom stereocenters. The van der Waals surface area contributed by atoms with E-state index < -0.39 is 0 Å². The monoisotopic (exact) mass is 1190 g/mol. The summed E-state index contributed by atoms with van der Waals surface area (Å²) in [5.74, 6) is 0. The molecule has 2 aliphatic rings. The van der Waals surface area contributed by atoms with Gasteiger partial charge in [0, 0.05) is 57.5 Å². The fourth-order valence-electron chi connectivity index (χ4n) is 15.2. The molecule has 0 saturated carbocycles. The van der Waals surface area contributed by atoms with Crippen LogP contribution in [-0.4, -0.2) is 29.9 Å². The van der Waals surface area contributed by atoms with Crippen LogP contribution in [0.15, 0.2) is 316 Å². The highest BCUT2D eigenvalue weighted by Gasteiger charge is 2.27. The Labute approximate surface area is 539 Å². The van der Waals surface area contributed by atoms with Crippen molar-refractivity contribution in [2.24, 2.45) is 0 Å². The van der Waals surface area contributed by atoms with Crippen molar-refractivity contribution in [3.63, 3.8) is 0 Å². The maximum atomic E-state index is 5.53. The Hall–Kier alpha value is -12.6. The molecule has 13 aromatic carbocycles. The van der Waals surface area contributed by atoms with Crippen molar-refractivity contribution in [1.82, 2.24) is 29.9 Å². The van der Waals surface area contributed by atoms with Gasteiger partial charge in [0.15, 0.2) is 0 Å². The van der Waals surface area contributed by atoms with Crippen molar-refractivity contribution in [3.8, 4) is 112 Å². The zero-order valence-electron chi connectivity index (χ0n) is 50.7. The maximum Gasteiger partial charge on any atom is 0.0908 e. The first-order valence-corrected chi connectivity index (χ1v) is 31.8. The molecule has 0 saturated heterocycles. The van der Waals surface area contributed by atoms with Crippen molar-refractivity contribution >= 4 is 43.1 Å². The molecule has 6 heteroatoms. The molecule has 4 heterocycles. The highest BCUT2D eigenvalue weighted by molar-refractivity contribution is 6.13. The van der Waals surface area contributed by atoms with Gasteiger partial charge in [-0.1, -0.05) is 194 Å². The van der Waals surface area contributed by atoms with Gasteiger partial charge in [0.25, 0.3) is 0 Å². The van der Waals surface area contributed by atoms with E-state index in [4.69, 9.17) is 19.9 Å². The molecule has 0 fully saturated rings. The fraction of sp³-hybridized carbons (Fsp3) is 0. The van der Waals surface area contributed by atoms with Crippen molar-refractivity contribution in [2.75, 3.05) is 0 Å². The molecule has 0 radical (unpaired) electrons. The lowest BCUT2D eigenvalue weighted by atomic mass is 9.84. The largest absolute Gasteiger partial charge is 0.264 e. The molecule has 0 aliphatic heterocycles. The van der Waals surface area contributed by atoms with Gasteiger partial charge in [-0.15, -0.1) is 0 Å². The Balaban J connectivity index is 1.05. The minimum absolute atomic E-state index is 0.743. The summed E-state index contributed by atoms with van der Waals surface area (Å²) in [5, 5.41) is 18.4. The summed E-state index contributed by atoms with van der Waals surface area (Å²) < 4.78 is 0. The molecule has 19 rings (SSSR count). The number of nitrogens with zero attached hydrogens (tertiary/aromatic N) is 6. The lowest BCUT2D eigenvalue weighted by Gasteiger charge is -2.19. The van der Waals surface area contributed by atoms with Gasteiger partial charge in [-0.05, 0) is 214 Å². The van der Waals surface area contributed by atoms with Gasteiger partial charge in [0.05, 0.1) is 47.6 Å². The standard InChI is InChI=1S/C88H52N6/c1-5-19-53(20-6-1)61-39-62(54-21-7-2-8-22-54)42-65(41-61)79-73-45-57-27-13-14-28-58(57)46-74(73)80(66-43-63(55-23-9-3-10-24-55)40-64(44-66)56-25-11-4-12-26-56)86-70-34-36-72-82-71(35-33-69(81(70)82)85(79)86)87-83(77-51-91-49-75(93-77)59-29-17-37-89-47-59)67-31-15-16-32-68(67)84(88(72)87)78-52-92-50-76(94-78)60-30-18-38-90-48-60/h1-52H. The molecular weight excluding hydrogens is 1140 g/mol. The van der Waals surface area contributed by atoms with E-state index >= 15 is 0 Å². The van der Waals surface area contributed by atoms with Crippen LogP contribution >= 0.6 is 0 Å². The number of aromatic nitrogens is 6. The number of hydrogen-bond acceptors (Lipinski definition) is 6. The van der Waals surface area contributed by atoms with E-state index in [2.05, 4.69) is 253 Å². The van der Waals surface area contributed by atoms with Gasteiger partial charge in [0.2, 0.25) is 0 Å². The van der Waals surface area contributed by atoms with E-state index in [-0.39, 0.29) is 0 Å². The minimum Gasteiger partial charge on any atom is -0.264 e. The van der Waals surface area contributed by atoms with Crippen LogP contribution < -0.4 is 0 Å². The van der Waals surface area contributed by atoms with Gasteiger partial charge in [-0.3, -0.25) is 19.9 Å². The first-order chi connectivity index (χ1) is 46.6. The van der Waals surface area contributed by atoms with Gasteiger partial charge in [-0.25, -0.2) is 9.97 Å². The number of fused-ring (bicyclic) bond motifs is 5. The Morgan fingerprint density at radius 1 is 0.191 bits per heavy atom. The summed E-state index contributed by atoms with van der Waals surface area (Å²) in [6, 6.07) is 98.1. The van der Waals surface area contributed by atoms with Crippen molar-refractivity contribution < 1.29 is 0 Å². The van der Waals surface area contributed by atoms with Gasteiger partial charge in [-0.2, -0.15) is 0 Å². The first-order valence-electron chi connectivity index (χ1n) is 31.8. The summed E-state index contributed by atoms with van der Waals surface area (Å²) in [5.41, 5.74) is 20.7. The van der Waals surface area contributed by atoms with Crippen molar-refractivity contribution in [1.29, 1.82) is 0 Å². The van der Waals surface area contributed by atoms with Crippen molar-refractivity contribution in [3.05, 3.63) is 358 Å². The second-order valence-corrected chi connectivity index (χ2v) is 24.5. The molecule has 0 bridgehead atoms. The lowest BCUT2D eigenvalue weighted by molar-refractivity contribution is 1.19. The zero-order valence-corrected chi connectivity index (χ0v) is 50.7. The predicted octanol–water partition coefficient (Wildman–Crippen LogP) is 21.1. The molecule has 2 aliphatic carbocycles. The van der Waals surface area contributed by atoms with Crippen LogP contribution in [0.2, 0.25) is 0 Å². The summed E-state index contributed by atoms with van der Waals surface area (Å²) >= 11 is 0. The quantitative estimate of drug-likeness (QED) is 0.127. The highest BCUT2D eigenvalue weighted by Crippen LogP contribution is 2.48. The average molecular weight is 1190 g/mol. The molecule has 0 amide bonds. The highest BCUT2D eigenvalue weighted by atomic mass is 14.8. The summed E-state index contributed by atoms with van der Waals surface area (Å²) in [7, 11) is 0.